The van der Waals surface area contributed by atoms with E-state index < -0.39 is 0 Å². The second-order valence-electron chi connectivity index (χ2n) is 4.38. The van der Waals surface area contributed by atoms with Crippen molar-refractivity contribution in [3.8, 4) is 5.75 Å². The number of rotatable bonds is 5. The molecule has 1 heterocycles. The average molecular weight is 274 g/mol. The van der Waals surface area contributed by atoms with E-state index in [1.54, 1.807) is 11.7 Å². The van der Waals surface area contributed by atoms with Gasteiger partial charge < -0.3 is 9.47 Å². The average Bonchev–Trinajstić information content (AvgIpc) is 2.78. The Hall–Kier alpha value is -2.30. The van der Waals surface area contributed by atoms with Crippen LogP contribution in [0, 0.1) is 6.92 Å². The molecular formula is C15H18N2O3. The second kappa shape index (κ2) is 6.23. The Morgan fingerprint density at radius 3 is 2.75 bits per heavy atom. The minimum absolute atomic E-state index is 0.184. The summed E-state index contributed by atoms with van der Waals surface area (Å²) in [5, 5.41) is 4.03. The van der Waals surface area contributed by atoms with E-state index in [1.165, 1.54) is 6.20 Å². The van der Waals surface area contributed by atoms with Crippen molar-refractivity contribution < 1.29 is 14.3 Å². The van der Waals surface area contributed by atoms with Gasteiger partial charge in [-0.1, -0.05) is 18.2 Å². The monoisotopic (exact) mass is 274 g/mol. The molecule has 0 unspecified atom stereocenters. The topological polar surface area (TPSA) is 53.4 Å². The van der Waals surface area contributed by atoms with Crippen molar-refractivity contribution in [3.63, 3.8) is 0 Å². The van der Waals surface area contributed by atoms with E-state index in [9.17, 15) is 4.79 Å². The molecule has 5 heteroatoms. The lowest BCUT2D eigenvalue weighted by molar-refractivity contribution is 0.0468. The van der Waals surface area contributed by atoms with Gasteiger partial charge in [-0.25, -0.2) is 4.79 Å². The van der Waals surface area contributed by atoms with Gasteiger partial charge in [0.2, 0.25) is 0 Å². The molecule has 0 radical (unpaired) electrons. The first kappa shape index (κ1) is 14.1. The number of nitrogens with zero attached hydrogens (tertiary/aromatic N) is 2. The predicted molar refractivity (Wildman–Crippen MR) is 74.7 cm³/mol. The molecule has 2 rings (SSSR count). The van der Waals surface area contributed by atoms with Crippen LogP contribution in [0.25, 0.3) is 0 Å². The highest BCUT2D eigenvalue weighted by Gasteiger charge is 2.15. The molecule has 5 nitrogen and oxygen atoms in total. The first-order valence-corrected chi connectivity index (χ1v) is 6.50. The molecule has 0 fully saturated rings. The molecule has 0 aliphatic rings. The Morgan fingerprint density at radius 1 is 1.35 bits per heavy atom. The van der Waals surface area contributed by atoms with Gasteiger partial charge in [0.25, 0.3) is 0 Å². The van der Waals surface area contributed by atoms with E-state index in [2.05, 4.69) is 5.10 Å². The van der Waals surface area contributed by atoms with Crippen molar-refractivity contribution in [2.45, 2.75) is 20.5 Å². The van der Waals surface area contributed by atoms with Crippen LogP contribution in [-0.2, 0) is 18.4 Å². The zero-order chi connectivity index (χ0) is 14.5. The third-order valence-electron chi connectivity index (χ3n) is 3.09. The van der Waals surface area contributed by atoms with Crippen LogP contribution in [0.2, 0.25) is 0 Å². The second-order valence-corrected chi connectivity index (χ2v) is 4.38. The zero-order valence-corrected chi connectivity index (χ0v) is 11.9. The highest BCUT2D eigenvalue weighted by atomic mass is 16.5. The van der Waals surface area contributed by atoms with Gasteiger partial charge in [-0.05, 0) is 19.9 Å². The summed E-state index contributed by atoms with van der Waals surface area (Å²) in [7, 11) is 1.79. The summed E-state index contributed by atoms with van der Waals surface area (Å²) >= 11 is 0. The largest absolute Gasteiger partial charge is 0.493 e. The number of benzene rings is 1. The summed E-state index contributed by atoms with van der Waals surface area (Å²) < 4.78 is 12.5. The van der Waals surface area contributed by atoms with Crippen LogP contribution in [0.15, 0.2) is 30.5 Å². The lowest BCUT2D eigenvalue weighted by Gasteiger charge is -2.10. The van der Waals surface area contributed by atoms with Crippen molar-refractivity contribution >= 4 is 5.97 Å². The Morgan fingerprint density at radius 2 is 2.10 bits per heavy atom. The maximum Gasteiger partial charge on any atom is 0.341 e. The summed E-state index contributed by atoms with van der Waals surface area (Å²) in [4.78, 5) is 12.0. The van der Waals surface area contributed by atoms with E-state index in [-0.39, 0.29) is 12.6 Å². The van der Waals surface area contributed by atoms with Crippen LogP contribution in [0.4, 0.5) is 0 Å². The standard InChI is InChI=1S/C15H18N2O3/c1-4-19-14-8-6-5-7-12(14)10-20-15(18)13-9-16-17(3)11(13)2/h5-9H,4,10H2,1-3H3. The number of carbonyl (C=O) groups excluding carboxylic acids is 1. The van der Waals surface area contributed by atoms with E-state index in [1.807, 2.05) is 38.1 Å². The van der Waals surface area contributed by atoms with Crippen molar-refractivity contribution in [1.82, 2.24) is 9.78 Å². The minimum Gasteiger partial charge on any atom is -0.493 e. The maximum absolute atomic E-state index is 12.0. The Bertz CT molecular complexity index is 605. The van der Waals surface area contributed by atoms with Gasteiger partial charge in [-0.2, -0.15) is 5.10 Å². The summed E-state index contributed by atoms with van der Waals surface area (Å²) in [6.45, 7) is 4.51. The highest BCUT2D eigenvalue weighted by molar-refractivity contribution is 5.90. The fourth-order valence-electron chi connectivity index (χ4n) is 1.84. The van der Waals surface area contributed by atoms with Crippen LogP contribution in [0.1, 0.15) is 28.5 Å². The molecule has 2 aromatic rings. The molecule has 1 aromatic heterocycles. The van der Waals surface area contributed by atoms with Gasteiger partial charge in [-0.15, -0.1) is 0 Å². The number of ether oxygens (including phenoxy) is 2. The van der Waals surface area contributed by atoms with Gasteiger partial charge in [0.1, 0.15) is 17.9 Å². The van der Waals surface area contributed by atoms with Crippen LogP contribution >= 0.6 is 0 Å². The number of hydrogen-bond donors (Lipinski definition) is 0. The number of hydrogen-bond acceptors (Lipinski definition) is 4. The van der Waals surface area contributed by atoms with Gasteiger partial charge in [-0.3, -0.25) is 4.68 Å². The molecule has 0 atom stereocenters. The highest BCUT2D eigenvalue weighted by Crippen LogP contribution is 2.19. The minimum atomic E-state index is -0.373. The number of aromatic nitrogens is 2. The van der Waals surface area contributed by atoms with Crippen LogP contribution < -0.4 is 4.74 Å². The molecular weight excluding hydrogens is 256 g/mol. The number of esters is 1. The van der Waals surface area contributed by atoms with E-state index in [0.717, 1.165) is 17.0 Å². The van der Waals surface area contributed by atoms with Gasteiger partial charge in [0.05, 0.1) is 12.8 Å². The Kier molecular flexibility index (Phi) is 4.40. The third kappa shape index (κ3) is 2.99. The van der Waals surface area contributed by atoms with E-state index in [0.29, 0.717) is 12.2 Å². The Balaban J connectivity index is 2.05. The van der Waals surface area contributed by atoms with Gasteiger partial charge >= 0.3 is 5.97 Å². The summed E-state index contributed by atoms with van der Waals surface area (Å²) in [5.74, 6) is 0.368. The number of para-hydroxylation sites is 1. The van der Waals surface area contributed by atoms with E-state index >= 15 is 0 Å². The lowest BCUT2D eigenvalue weighted by Crippen LogP contribution is -2.07. The van der Waals surface area contributed by atoms with E-state index in [4.69, 9.17) is 9.47 Å². The van der Waals surface area contributed by atoms with Crippen molar-refractivity contribution in [1.29, 1.82) is 0 Å². The van der Waals surface area contributed by atoms with Crippen molar-refractivity contribution in [2.75, 3.05) is 6.61 Å². The van der Waals surface area contributed by atoms with Crippen LogP contribution in [-0.4, -0.2) is 22.4 Å². The number of carbonyl (C=O) groups is 1. The first-order chi connectivity index (χ1) is 9.63. The normalized spacial score (nSPS) is 10.3. The molecule has 0 N–H and O–H groups in total. The maximum atomic E-state index is 12.0. The van der Waals surface area contributed by atoms with Crippen molar-refractivity contribution in [2.24, 2.45) is 7.05 Å². The number of aryl methyl sites for hydroxylation is 1. The van der Waals surface area contributed by atoms with Crippen LogP contribution in [0.5, 0.6) is 5.75 Å². The molecule has 0 aliphatic heterocycles. The Labute approximate surface area is 118 Å². The first-order valence-electron chi connectivity index (χ1n) is 6.50. The summed E-state index contributed by atoms with van der Waals surface area (Å²) in [6, 6.07) is 7.53. The molecule has 20 heavy (non-hydrogen) atoms. The summed E-state index contributed by atoms with van der Waals surface area (Å²) in [6.07, 6.45) is 1.52. The van der Waals surface area contributed by atoms with Gasteiger partial charge in [0, 0.05) is 18.3 Å². The van der Waals surface area contributed by atoms with Crippen LogP contribution in [0.3, 0.4) is 0 Å². The van der Waals surface area contributed by atoms with Gasteiger partial charge in [0.15, 0.2) is 0 Å². The fourth-order valence-corrected chi connectivity index (χ4v) is 1.84. The molecule has 0 saturated heterocycles. The zero-order valence-electron chi connectivity index (χ0n) is 11.9. The SMILES string of the molecule is CCOc1ccccc1COC(=O)c1cnn(C)c1C. The fraction of sp³-hybridized carbons (Fsp3) is 0.333. The molecule has 0 saturated carbocycles. The smallest absolute Gasteiger partial charge is 0.341 e. The molecule has 0 amide bonds. The molecule has 0 spiro atoms. The molecule has 1 aromatic carbocycles. The molecule has 106 valence electrons. The molecule has 0 aliphatic carbocycles. The quantitative estimate of drug-likeness (QED) is 0.786. The predicted octanol–water partition coefficient (Wildman–Crippen LogP) is 2.48. The van der Waals surface area contributed by atoms with Crippen molar-refractivity contribution in [3.05, 3.63) is 47.3 Å². The molecule has 0 bridgehead atoms. The summed E-state index contributed by atoms with van der Waals surface area (Å²) in [5.41, 5.74) is 2.12. The lowest BCUT2D eigenvalue weighted by atomic mass is 10.2. The third-order valence-corrected chi connectivity index (χ3v) is 3.09.